The van der Waals surface area contributed by atoms with Crippen LogP contribution in [0.5, 0.6) is 0 Å². The summed E-state index contributed by atoms with van der Waals surface area (Å²) in [6.07, 6.45) is 1.02. The zero-order valence-corrected chi connectivity index (χ0v) is 16.0. The lowest BCUT2D eigenvalue weighted by Gasteiger charge is -2.26. The molecular weight excluding hydrogens is 355 g/mol. The van der Waals surface area contributed by atoms with Crippen LogP contribution >= 0.6 is 0 Å². The van der Waals surface area contributed by atoms with Crippen LogP contribution in [0.25, 0.3) is 0 Å². The maximum Gasteiger partial charge on any atom is 0.242 e. The molecule has 0 aliphatic heterocycles. The second-order valence-electron chi connectivity index (χ2n) is 6.10. The van der Waals surface area contributed by atoms with Gasteiger partial charge in [0.2, 0.25) is 15.9 Å². The predicted molar refractivity (Wildman–Crippen MR) is 101 cm³/mol. The second-order valence-corrected chi connectivity index (χ2v) is 8.08. The minimum atomic E-state index is -3.69. The van der Waals surface area contributed by atoms with Crippen LogP contribution in [0.2, 0.25) is 0 Å². The van der Waals surface area contributed by atoms with Crippen molar-refractivity contribution in [3.05, 3.63) is 65.5 Å². The number of amides is 1. The van der Waals surface area contributed by atoms with Crippen LogP contribution in [-0.4, -0.2) is 38.0 Å². The summed E-state index contributed by atoms with van der Waals surface area (Å²) >= 11 is 0. The van der Waals surface area contributed by atoms with E-state index in [0.717, 1.165) is 16.1 Å². The van der Waals surface area contributed by atoms with Crippen molar-refractivity contribution in [2.75, 3.05) is 24.2 Å². The van der Waals surface area contributed by atoms with E-state index in [1.165, 1.54) is 23.1 Å². The molecule has 1 amide bonds. The molecule has 0 saturated heterocycles. The standard InChI is InChI=1S/C19H23FN2O3S/c1-4-22(17-10-7-8-15(2)12-17)19(23)14-21(26(3,24)25)13-16-9-5-6-11-18(16)20/h5-12H,4,13-14H2,1-3H3. The minimum Gasteiger partial charge on any atom is -0.312 e. The van der Waals surface area contributed by atoms with Crippen molar-refractivity contribution in [3.8, 4) is 0 Å². The first kappa shape index (κ1) is 20.1. The Morgan fingerprint density at radius 2 is 1.81 bits per heavy atom. The molecule has 0 fully saturated rings. The molecule has 0 bridgehead atoms. The summed E-state index contributed by atoms with van der Waals surface area (Å²) < 4.78 is 39.1. The van der Waals surface area contributed by atoms with Crippen molar-refractivity contribution in [2.24, 2.45) is 0 Å². The molecule has 0 aliphatic carbocycles. The number of carbonyl (C=O) groups excluding carboxylic acids is 1. The van der Waals surface area contributed by atoms with E-state index in [-0.39, 0.29) is 24.6 Å². The van der Waals surface area contributed by atoms with Crippen LogP contribution in [0, 0.1) is 12.7 Å². The van der Waals surface area contributed by atoms with Crippen LogP contribution in [0.1, 0.15) is 18.1 Å². The molecule has 0 spiro atoms. The summed E-state index contributed by atoms with van der Waals surface area (Å²) in [5, 5.41) is 0. The molecule has 0 N–H and O–H groups in total. The monoisotopic (exact) mass is 378 g/mol. The van der Waals surface area contributed by atoms with Gasteiger partial charge in [-0.05, 0) is 37.6 Å². The lowest BCUT2D eigenvalue weighted by atomic mass is 10.2. The molecule has 0 saturated carbocycles. The second kappa shape index (κ2) is 8.42. The number of benzene rings is 2. The van der Waals surface area contributed by atoms with Gasteiger partial charge < -0.3 is 4.90 Å². The van der Waals surface area contributed by atoms with Gasteiger partial charge in [0.05, 0.1) is 12.8 Å². The Balaban J connectivity index is 2.24. The van der Waals surface area contributed by atoms with Crippen LogP contribution in [0.3, 0.4) is 0 Å². The van der Waals surface area contributed by atoms with Crippen molar-refractivity contribution in [3.63, 3.8) is 0 Å². The summed E-state index contributed by atoms with van der Waals surface area (Å²) in [5.41, 5.74) is 1.93. The van der Waals surface area contributed by atoms with Crippen molar-refractivity contribution in [2.45, 2.75) is 20.4 Å². The average molecular weight is 378 g/mol. The van der Waals surface area contributed by atoms with E-state index < -0.39 is 15.8 Å². The van der Waals surface area contributed by atoms with Gasteiger partial charge in [0.15, 0.2) is 0 Å². The molecule has 0 radical (unpaired) electrons. The normalized spacial score (nSPS) is 11.6. The number of anilines is 1. The van der Waals surface area contributed by atoms with Crippen molar-refractivity contribution in [1.29, 1.82) is 0 Å². The number of sulfonamides is 1. The highest BCUT2D eigenvalue weighted by atomic mass is 32.2. The minimum absolute atomic E-state index is 0.192. The van der Waals surface area contributed by atoms with Gasteiger partial charge in [-0.25, -0.2) is 12.8 Å². The predicted octanol–water partition coefficient (Wildman–Crippen LogP) is 2.95. The molecule has 0 atom stereocenters. The van der Waals surface area contributed by atoms with Gasteiger partial charge in [0, 0.05) is 24.3 Å². The van der Waals surface area contributed by atoms with E-state index in [0.29, 0.717) is 12.2 Å². The fourth-order valence-electron chi connectivity index (χ4n) is 2.64. The van der Waals surface area contributed by atoms with Crippen LogP contribution in [-0.2, 0) is 21.4 Å². The summed E-state index contributed by atoms with van der Waals surface area (Å²) in [7, 11) is -3.69. The number of rotatable bonds is 7. The smallest absolute Gasteiger partial charge is 0.242 e. The summed E-state index contributed by atoms with van der Waals surface area (Å²) in [6.45, 7) is 3.60. The molecule has 26 heavy (non-hydrogen) atoms. The average Bonchev–Trinajstić information content (AvgIpc) is 2.56. The van der Waals surface area contributed by atoms with E-state index in [1.807, 2.05) is 32.0 Å². The van der Waals surface area contributed by atoms with Gasteiger partial charge >= 0.3 is 0 Å². The van der Waals surface area contributed by atoms with Gasteiger partial charge in [0.25, 0.3) is 0 Å². The highest BCUT2D eigenvalue weighted by Gasteiger charge is 2.25. The Morgan fingerprint density at radius 1 is 1.12 bits per heavy atom. The molecule has 0 heterocycles. The number of carbonyl (C=O) groups is 1. The third-order valence-corrected chi connectivity index (χ3v) is 5.21. The first-order valence-electron chi connectivity index (χ1n) is 8.28. The van der Waals surface area contributed by atoms with Crippen LogP contribution in [0.4, 0.5) is 10.1 Å². The van der Waals surface area contributed by atoms with Crippen molar-refractivity contribution < 1.29 is 17.6 Å². The van der Waals surface area contributed by atoms with E-state index in [2.05, 4.69) is 0 Å². The summed E-state index contributed by atoms with van der Waals surface area (Å²) in [4.78, 5) is 14.3. The van der Waals surface area contributed by atoms with Crippen LogP contribution < -0.4 is 4.90 Å². The molecule has 0 aromatic heterocycles. The highest BCUT2D eigenvalue weighted by Crippen LogP contribution is 2.18. The van der Waals surface area contributed by atoms with E-state index in [9.17, 15) is 17.6 Å². The summed E-state index contributed by atoms with van der Waals surface area (Å²) in [5.74, 6) is -0.862. The maximum absolute atomic E-state index is 13.9. The number of hydrogen-bond acceptors (Lipinski definition) is 3. The number of aryl methyl sites for hydroxylation is 1. The molecule has 0 unspecified atom stereocenters. The number of likely N-dealkylation sites (N-methyl/N-ethyl adjacent to an activating group) is 1. The Kier molecular flexibility index (Phi) is 6.50. The van der Waals surface area contributed by atoms with E-state index in [1.54, 1.807) is 12.1 Å². The van der Waals surface area contributed by atoms with Crippen molar-refractivity contribution >= 4 is 21.6 Å². The molecule has 7 heteroatoms. The third kappa shape index (κ3) is 5.12. The molecule has 5 nitrogen and oxygen atoms in total. The highest BCUT2D eigenvalue weighted by molar-refractivity contribution is 7.88. The fraction of sp³-hybridized carbons (Fsp3) is 0.316. The van der Waals surface area contributed by atoms with Gasteiger partial charge in [-0.3, -0.25) is 4.79 Å². The summed E-state index contributed by atoms with van der Waals surface area (Å²) in [6, 6.07) is 13.4. The topological polar surface area (TPSA) is 57.7 Å². The van der Waals surface area contributed by atoms with Gasteiger partial charge in [-0.1, -0.05) is 30.3 Å². The molecule has 2 rings (SSSR count). The van der Waals surface area contributed by atoms with Gasteiger partial charge in [-0.2, -0.15) is 4.31 Å². The Labute approximate surface area is 154 Å². The maximum atomic E-state index is 13.9. The van der Waals surface area contributed by atoms with E-state index >= 15 is 0 Å². The first-order chi connectivity index (χ1) is 12.2. The Hall–Kier alpha value is -2.25. The molecule has 140 valence electrons. The zero-order valence-electron chi connectivity index (χ0n) is 15.1. The quantitative estimate of drug-likeness (QED) is 0.744. The van der Waals surface area contributed by atoms with Crippen LogP contribution in [0.15, 0.2) is 48.5 Å². The third-order valence-electron chi connectivity index (χ3n) is 4.02. The number of halogens is 1. The SMILES string of the molecule is CCN(C(=O)CN(Cc1ccccc1F)S(C)(=O)=O)c1cccc(C)c1. The van der Waals surface area contributed by atoms with Gasteiger partial charge in [0.1, 0.15) is 5.82 Å². The molecule has 2 aromatic carbocycles. The number of nitrogens with zero attached hydrogens (tertiary/aromatic N) is 2. The first-order valence-corrected chi connectivity index (χ1v) is 10.1. The molecular formula is C19H23FN2O3S. The lowest BCUT2D eigenvalue weighted by Crippen LogP contribution is -2.42. The van der Waals surface area contributed by atoms with Gasteiger partial charge in [-0.15, -0.1) is 0 Å². The number of hydrogen-bond donors (Lipinski definition) is 0. The zero-order chi connectivity index (χ0) is 19.3. The fourth-order valence-corrected chi connectivity index (χ4v) is 3.36. The lowest BCUT2D eigenvalue weighted by molar-refractivity contribution is -0.118. The largest absolute Gasteiger partial charge is 0.312 e. The van der Waals surface area contributed by atoms with E-state index in [4.69, 9.17) is 0 Å². The molecule has 2 aromatic rings. The Bertz CT molecular complexity index is 884. The van der Waals surface area contributed by atoms with Crippen molar-refractivity contribution in [1.82, 2.24) is 4.31 Å². The molecule has 0 aliphatic rings. The Morgan fingerprint density at radius 3 is 2.38 bits per heavy atom.